The average molecular weight is 603 g/mol. The van der Waals surface area contributed by atoms with E-state index < -0.39 is 0 Å². The number of hydrogen-bond acceptors (Lipinski definition) is 6. The first kappa shape index (κ1) is 30.0. The van der Waals surface area contributed by atoms with Crippen molar-refractivity contribution >= 4 is 23.3 Å². The van der Waals surface area contributed by atoms with Gasteiger partial charge < -0.3 is 9.47 Å². The van der Waals surface area contributed by atoms with Crippen molar-refractivity contribution in [3.05, 3.63) is 148 Å². The Morgan fingerprint density at radius 1 is 0.674 bits per heavy atom. The van der Waals surface area contributed by atoms with Gasteiger partial charge in [0, 0.05) is 23.5 Å². The van der Waals surface area contributed by atoms with E-state index in [1.54, 1.807) is 24.4 Å². The third-order valence-corrected chi connectivity index (χ3v) is 8.14. The van der Waals surface area contributed by atoms with Crippen LogP contribution < -0.4 is 9.47 Å². The van der Waals surface area contributed by atoms with Crippen molar-refractivity contribution in [1.82, 2.24) is 4.98 Å². The number of fused-ring (bicyclic) bond motifs is 1. The number of pyridine rings is 1. The average Bonchev–Trinajstić information content (AvgIpc) is 3.10. The largest absolute Gasteiger partial charge is 0.489 e. The number of hydrogen-bond donors (Lipinski definition) is 0. The predicted octanol–water partition coefficient (Wildman–Crippen LogP) is 8.84. The van der Waals surface area contributed by atoms with Crippen molar-refractivity contribution in [3.8, 4) is 39.8 Å². The van der Waals surface area contributed by atoms with E-state index in [1.165, 1.54) is 6.20 Å². The second-order valence-electron chi connectivity index (χ2n) is 11.1. The first-order valence-electron chi connectivity index (χ1n) is 14.8. The van der Waals surface area contributed by atoms with Crippen molar-refractivity contribution in [3.63, 3.8) is 0 Å². The lowest BCUT2D eigenvalue weighted by molar-refractivity contribution is 0.111. The van der Waals surface area contributed by atoms with Gasteiger partial charge in [0.1, 0.15) is 37.1 Å². The van der Waals surface area contributed by atoms with Crippen LogP contribution in [-0.2, 0) is 13.2 Å². The number of benzene rings is 5. The molecule has 6 rings (SSSR count). The molecule has 6 heteroatoms. The van der Waals surface area contributed by atoms with Crippen LogP contribution in [0.25, 0.3) is 33.0 Å². The van der Waals surface area contributed by atoms with Crippen molar-refractivity contribution in [2.45, 2.75) is 27.1 Å². The van der Waals surface area contributed by atoms with E-state index >= 15 is 0 Å². The molecular formula is C40H30N2O4. The summed E-state index contributed by atoms with van der Waals surface area (Å²) < 4.78 is 12.3. The van der Waals surface area contributed by atoms with Gasteiger partial charge in [0.15, 0.2) is 6.29 Å². The standard InChI is InChI=1S/C40H30N2O4/c1-26-36(34-14-13-32-16-28(22-43)9-11-33(32)18-34)5-3-6-37(26)38-7-4-8-39(27(38)2)45-24-29-10-12-35(23-44)40(17-29)46-25-31-15-30(19-41)20-42-21-31/h3-18,20-23H,24-25H2,1-2H3. The van der Waals surface area contributed by atoms with Gasteiger partial charge in [-0.15, -0.1) is 0 Å². The summed E-state index contributed by atoms with van der Waals surface area (Å²) in [7, 11) is 0. The van der Waals surface area contributed by atoms with Crippen LogP contribution in [0.2, 0.25) is 0 Å². The molecule has 0 aliphatic carbocycles. The van der Waals surface area contributed by atoms with Crippen LogP contribution in [0.1, 0.15) is 48.5 Å². The maximum absolute atomic E-state index is 11.7. The third-order valence-electron chi connectivity index (χ3n) is 8.14. The highest BCUT2D eigenvalue weighted by atomic mass is 16.5. The Hall–Kier alpha value is -6.06. The van der Waals surface area contributed by atoms with Gasteiger partial charge in [-0.1, -0.05) is 60.7 Å². The zero-order chi connectivity index (χ0) is 32.0. The molecule has 0 saturated carbocycles. The van der Waals surface area contributed by atoms with Gasteiger partial charge in [0.2, 0.25) is 0 Å². The number of rotatable bonds is 10. The van der Waals surface area contributed by atoms with Crippen LogP contribution in [0, 0.1) is 25.2 Å². The van der Waals surface area contributed by atoms with E-state index in [-0.39, 0.29) is 13.2 Å². The van der Waals surface area contributed by atoms with Gasteiger partial charge in [0.05, 0.1) is 11.1 Å². The summed E-state index contributed by atoms with van der Waals surface area (Å²) in [5.74, 6) is 1.20. The molecule has 0 atom stereocenters. The highest BCUT2D eigenvalue weighted by Gasteiger charge is 2.14. The molecule has 1 heterocycles. The lowest BCUT2D eigenvalue weighted by Gasteiger charge is -2.17. The molecule has 6 aromatic rings. The number of aldehydes is 2. The predicted molar refractivity (Wildman–Crippen MR) is 179 cm³/mol. The second-order valence-corrected chi connectivity index (χ2v) is 11.1. The summed E-state index contributed by atoms with van der Waals surface area (Å²) in [6.45, 7) is 4.66. The maximum atomic E-state index is 11.7. The lowest BCUT2D eigenvalue weighted by Crippen LogP contribution is -2.02. The molecule has 0 aliphatic heterocycles. The van der Waals surface area contributed by atoms with Crippen LogP contribution >= 0.6 is 0 Å². The van der Waals surface area contributed by atoms with Crippen LogP contribution in [0.15, 0.2) is 109 Å². The quantitative estimate of drug-likeness (QED) is 0.146. The number of aromatic nitrogens is 1. The molecule has 1 aromatic heterocycles. The molecule has 0 aliphatic rings. The fraction of sp³-hybridized carbons (Fsp3) is 0.100. The Bertz CT molecular complexity index is 2150. The smallest absolute Gasteiger partial charge is 0.153 e. The highest BCUT2D eigenvalue weighted by Crippen LogP contribution is 2.37. The topological polar surface area (TPSA) is 89.3 Å². The summed E-state index contributed by atoms with van der Waals surface area (Å²) in [5, 5.41) is 11.3. The van der Waals surface area contributed by atoms with Gasteiger partial charge in [-0.3, -0.25) is 14.6 Å². The van der Waals surface area contributed by atoms with Gasteiger partial charge in [-0.2, -0.15) is 5.26 Å². The van der Waals surface area contributed by atoms with Crippen LogP contribution in [0.4, 0.5) is 0 Å². The van der Waals surface area contributed by atoms with Gasteiger partial charge in [-0.05, 0) is 100.0 Å². The minimum Gasteiger partial charge on any atom is -0.489 e. The van der Waals surface area contributed by atoms with Crippen LogP contribution in [0.5, 0.6) is 11.5 Å². The van der Waals surface area contributed by atoms with Crippen molar-refractivity contribution in [2.75, 3.05) is 0 Å². The highest BCUT2D eigenvalue weighted by molar-refractivity contribution is 5.92. The SMILES string of the molecule is Cc1c(OCc2ccc(C=O)c(OCc3cncc(C#N)c3)c2)cccc1-c1cccc(-c2ccc3cc(C=O)ccc3c2)c1C. The zero-order valence-corrected chi connectivity index (χ0v) is 25.5. The number of nitrogens with zero attached hydrogens (tertiary/aromatic N) is 2. The molecule has 0 amide bonds. The van der Waals surface area contributed by atoms with Gasteiger partial charge in [0.25, 0.3) is 0 Å². The van der Waals surface area contributed by atoms with Crippen molar-refractivity contribution in [1.29, 1.82) is 5.26 Å². The summed E-state index contributed by atoms with van der Waals surface area (Å²) in [6.07, 6.45) is 4.75. The Morgan fingerprint density at radius 3 is 2.20 bits per heavy atom. The van der Waals surface area contributed by atoms with E-state index in [1.807, 2.05) is 36.4 Å². The third kappa shape index (κ3) is 6.26. The molecule has 0 saturated heterocycles. The Kier molecular flexibility index (Phi) is 8.66. The monoisotopic (exact) mass is 602 g/mol. The molecule has 0 bridgehead atoms. The Labute approximate surface area is 267 Å². The Morgan fingerprint density at radius 2 is 1.39 bits per heavy atom. The minimum absolute atomic E-state index is 0.174. The maximum Gasteiger partial charge on any atom is 0.153 e. The molecule has 5 aromatic carbocycles. The molecule has 0 unspecified atom stereocenters. The van der Waals surface area contributed by atoms with E-state index in [2.05, 4.69) is 67.4 Å². The molecule has 46 heavy (non-hydrogen) atoms. The summed E-state index contributed by atoms with van der Waals surface area (Å²) in [6, 6.07) is 33.6. The van der Waals surface area contributed by atoms with Crippen molar-refractivity contribution in [2.24, 2.45) is 0 Å². The van der Waals surface area contributed by atoms with E-state index in [4.69, 9.17) is 14.7 Å². The number of carbonyl (C=O) groups is 2. The summed E-state index contributed by atoms with van der Waals surface area (Å²) in [4.78, 5) is 27.0. The molecule has 0 fully saturated rings. The molecule has 6 nitrogen and oxygen atoms in total. The van der Waals surface area contributed by atoms with Crippen molar-refractivity contribution < 1.29 is 19.1 Å². The summed E-state index contributed by atoms with van der Waals surface area (Å²) in [5.41, 5.74) is 9.77. The van der Waals surface area contributed by atoms with Gasteiger partial charge in [-0.25, -0.2) is 0 Å². The molecule has 224 valence electrons. The fourth-order valence-electron chi connectivity index (χ4n) is 5.65. The number of ether oxygens (including phenoxy) is 2. The molecule has 0 radical (unpaired) electrons. The van der Waals surface area contributed by atoms with E-state index in [0.717, 1.165) is 73.6 Å². The molecule has 0 N–H and O–H groups in total. The molecular weight excluding hydrogens is 572 g/mol. The van der Waals surface area contributed by atoms with E-state index in [0.29, 0.717) is 22.4 Å². The number of carbonyl (C=O) groups excluding carboxylic acids is 2. The summed E-state index contributed by atoms with van der Waals surface area (Å²) >= 11 is 0. The number of nitriles is 1. The first-order chi connectivity index (χ1) is 22.5. The first-order valence-corrected chi connectivity index (χ1v) is 14.8. The van der Waals surface area contributed by atoms with Gasteiger partial charge >= 0.3 is 0 Å². The normalized spacial score (nSPS) is 10.7. The lowest BCUT2D eigenvalue weighted by atomic mass is 9.90. The fourth-order valence-corrected chi connectivity index (χ4v) is 5.65. The van der Waals surface area contributed by atoms with Crippen LogP contribution in [-0.4, -0.2) is 17.6 Å². The Balaban J connectivity index is 1.23. The second kappa shape index (κ2) is 13.3. The van der Waals surface area contributed by atoms with E-state index in [9.17, 15) is 9.59 Å². The minimum atomic E-state index is 0.174. The van der Waals surface area contributed by atoms with Crippen LogP contribution in [0.3, 0.4) is 0 Å². The zero-order valence-electron chi connectivity index (χ0n) is 25.5. The molecule has 0 spiro atoms.